The Balaban J connectivity index is 1.96. The van der Waals surface area contributed by atoms with Gasteiger partial charge in [0, 0.05) is 17.3 Å². The number of hydrogen-bond acceptors (Lipinski definition) is 3. The van der Waals surface area contributed by atoms with Crippen molar-refractivity contribution in [2.24, 2.45) is 0 Å². The number of aryl methyl sites for hydroxylation is 1. The lowest BCUT2D eigenvalue weighted by Crippen LogP contribution is -2.20. The third-order valence-electron chi connectivity index (χ3n) is 3.54. The van der Waals surface area contributed by atoms with Gasteiger partial charge < -0.3 is 9.67 Å². The molecule has 1 N–H and O–H groups in total. The Labute approximate surface area is 109 Å². The SMILES string of the molecule is Cc1nc(C(=O)O)c2n1CC(c1cccs1)CC2. The van der Waals surface area contributed by atoms with E-state index in [2.05, 4.69) is 27.1 Å². The molecule has 0 aromatic carbocycles. The summed E-state index contributed by atoms with van der Waals surface area (Å²) in [5, 5.41) is 11.2. The highest BCUT2D eigenvalue weighted by Gasteiger charge is 2.27. The van der Waals surface area contributed by atoms with E-state index >= 15 is 0 Å². The van der Waals surface area contributed by atoms with Crippen LogP contribution in [0.4, 0.5) is 0 Å². The van der Waals surface area contributed by atoms with Gasteiger partial charge in [-0.15, -0.1) is 11.3 Å². The summed E-state index contributed by atoms with van der Waals surface area (Å²) in [6.07, 6.45) is 1.80. The molecule has 0 saturated heterocycles. The molecule has 94 valence electrons. The summed E-state index contributed by atoms with van der Waals surface area (Å²) in [7, 11) is 0. The summed E-state index contributed by atoms with van der Waals surface area (Å²) < 4.78 is 2.07. The first-order chi connectivity index (χ1) is 8.66. The highest BCUT2D eigenvalue weighted by atomic mass is 32.1. The van der Waals surface area contributed by atoms with Crippen LogP contribution in [-0.4, -0.2) is 20.6 Å². The number of carbonyl (C=O) groups is 1. The van der Waals surface area contributed by atoms with Gasteiger partial charge in [-0.3, -0.25) is 0 Å². The van der Waals surface area contributed by atoms with Crippen molar-refractivity contribution in [3.8, 4) is 0 Å². The van der Waals surface area contributed by atoms with Crippen LogP contribution in [-0.2, 0) is 13.0 Å². The Kier molecular flexibility index (Phi) is 2.70. The van der Waals surface area contributed by atoms with Crippen molar-refractivity contribution in [3.05, 3.63) is 39.6 Å². The first kappa shape index (κ1) is 11.5. The van der Waals surface area contributed by atoms with Crippen molar-refractivity contribution in [1.82, 2.24) is 9.55 Å². The Morgan fingerprint density at radius 2 is 2.44 bits per heavy atom. The van der Waals surface area contributed by atoms with Crippen LogP contribution < -0.4 is 0 Å². The summed E-state index contributed by atoms with van der Waals surface area (Å²) in [4.78, 5) is 16.7. The second kappa shape index (κ2) is 4.24. The van der Waals surface area contributed by atoms with Crippen LogP contribution in [0.1, 0.15) is 39.2 Å². The maximum atomic E-state index is 11.1. The monoisotopic (exact) mass is 262 g/mol. The number of rotatable bonds is 2. The molecule has 0 saturated carbocycles. The molecule has 0 spiro atoms. The van der Waals surface area contributed by atoms with E-state index in [0.717, 1.165) is 30.9 Å². The fourth-order valence-corrected chi connectivity index (χ4v) is 3.51. The molecular weight excluding hydrogens is 248 g/mol. The minimum Gasteiger partial charge on any atom is -0.476 e. The Morgan fingerprint density at radius 3 is 3.11 bits per heavy atom. The number of imidazole rings is 1. The number of hydrogen-bond donors (Lipinski definition) is 1. The number of fused-ring (bicyclic) bond motifs is 1. The number of aromatic nitrogens is 2. The molecule has 1 aliphatic rings. The molecule has 18 heavy (non-hydrogen) atoms. The van der Waals surface area contributed by atoms with Crippen molar-refractivity contribution in [1.29, 1.82) is 0 Å². The fraction of sp³-hybridized carbons (Fsp3) is 0.385. The molecule has 0 fully saturated rings. The van der Waals surface area contributed by atoms with Gasteiger partial charge in [-0.25, -0.2) is 9.78 Å². The molecule has 1 aliphatic heterocycles. The second-order valence-corrected chi connectivity index (χ2v) is 5.60. The van der Waals surface area contributed by atoms with Gasteiger partial charge in [-0.1, -0.05) is 6.07 Å². The molecule has 2 aromatic heterocycles. The lowest BCUT2D eigenvalue weighted by Gasteiger charge is -2.24. The minimum absolute atomic E-state index is 0.233. The molecular formula is C13H14N2O2S. The van der Waals surface area contributed by atoms with Crippen LogP contribution in [0.25, 0.3) is 0 Å². The molecule has 1 atom stereocenters. The largest absolute Gasteiger partial charge is 0.476 e. The Bertz CT molecular complexity index is 586. The normalized spacial score (nSPS) is 18.6. The average molecular weight is 262 g/mol. The quantitative estimate of drug-likeness (QED) is 0.905. The van der Waals surface area contributed by atoms with Crippen molar-refractivity contribution >= 4 is 17.3 Å². The van der Waals surface area contributed by atoms with Gasteiger partial charge >= 0.3 is 5.97 Å². The van der Waals surface area contributed by atoms with E-state index in [1.165, 1.54) is 4.88 Å². The topological polar surface area (TPSA) is 55.1 Å². The third kappa shape index (κ3) is 1.75. The average Bonchev–Trinajstić information content (AvgIpc) is 2.97. The molecule has 3 heterocycles. The van der Waals surface area contributed by atoms with Crippen LogP contribution in [0.2, 0.25) is 0 Å². The number of carboxylic acids is 1. The maximum absolute atomic E-state index is 11.1. The van der Waals surface area contributed by atoms with Gasteiger partial charge in [0.25, 0.3) is 0 Å². The van der Waals surface area contributed by atoms with Crippen LogP contribution in [0.5, 0.6) is 0 Å². The molecule has 0 radical (unpaired) electrons. The summed E-state index contributed by atoms with van der Waals surface area (Å²) in [6, 6.07) is 4.23. The number of carboxylic acid groups (broad SMARTS) is 1. The molecule has 0 aliphatic carbocycles. The summed E-state index contributed by atoms with van der Waals surface area (Å²) in [5.41, 5.74) is 1.12. The maximum Gasteiger partial charge on any atom is 0.356 e. The molecule has 1 unspecified atom stereocenters. The number of aromatic carboxylic acids is 1. The van der Waals surface area contributed by atoms with Crippen molar-refractivity contribution in [2.45, 2.75) is 32.2 Å². The zero-order chi connectivity index (χ0) is 12.7. The molecule has 3 rings (SSSR count). The van der Waals surface area contributed by atoms with Crippen LogP contribution in [0.15, 0.2) is 17.5 Å². The van der Waals surface area contributed by atoms with Crippen molar-refractivity contribution in [2.75, 3.05) is 0 Å². The van der Waals surface area contributed by atoms with E-state index in [4.69, 9.17) is 5.11 Å². The Morgan fingerprint density at radius 1 is 1.61 bits per heavy atom. The minimum atomic E-state index is -0.915. The van der Waals surface area contributed by atoms with Gasteiger partial charge in [-0.2, -0.15) is 0 Å². The zero-order valence-electron chi connectivity index (χ0n) is 10.1. The first-order valence-electron chi connectivity index (χ1n) is 5.99. The van der Waals surface area contributed by atoms with Gasteiger partial charge in [0.1, 0.15) is 5.82 Å². The van der Waals surface area contributed by atoms with Crippen LogP contribution in [0.3, 0.4) is 0 Å². The highest BCUT2D eigenvalue weighted by Crippen LogP contribution is 2.33. The summed E-state index contributed by atoms with van der Waals surface area (Å²) >= 11 is 1.77. The van der Waals surface area contributed by atoms with Crippen molar-refractivity contribution in [3.63, 3.8) is 0 Å². The number of nitrogens with zero attached hydrogens (tertiary/aromatic N) is 2. The van der Waals surface area contributed by atoms with E-state index in [-0.39, 0.29) is 5.69 Å². The van der Waals surface area contributed by atoms with Gasteiger partial charge in [0.2, 0.25) is 0 Å². The molecule has 2 aromatic rings. The van der Waals surface area contributed by atoms with Crippen molar-refractivity contribution < 1.29 is 9.90 Å². The fourth-order valence-electron chi connectivity index (χ4n) is 2.66. The first-order valence-corrected chi connectivity index (χ1v) is 6.87. The summed E-state index contributed by atoms with van der Waals surface area (Å²) in [6.45, 7) is 2.73. The van der Waals surface area contributed by atoms with E-state index in [0.29, 0.717) is 5.92 Å². The van der Waals surface area contributed by atoms with E-state index in [1.807, 2.05) is 6.92 Å². The standard InChI is InChI=1S/C13H14N2O2S/c1-8-14-12(13(16)17)10-5-4-9(7-15(8)10)11-3-2-6-18-11/h2-3,6,9H,4-5,7H2,1H3,(H,16,17). The predicted molar refractivity (Wildman–Crippen MR) is 69.3 cm³/mol. The van der Waals surface area contributed by atoms with E-state index in [9.17, 15) is 4.79 Å². The Hall–Kier alpha value is -1.62. The highest BCUT2D eigenvalue weighted by molar-refractivity contribution is 7.10. The third-order valence-corrected chi connectivity index (χ3v) is 4.58. The van der Waals surface area contributed by atoms with Gasteiger partial charge in [0.05, 0.1) is 5.69 Å². The van der Waals surface area contributed by atoms with Gasteiger partial charge in [0.15, 0.2) is 5.69 Å². The number of thiophene rings is 1. The molecule has 0 bridgehead atoms. The second-order valence-electron chi connectivity index (χ2n) is 4.62. The molecule has 4 nitrogen and oxygen atoms in total. The smallest absolute Gasteiger partial charge is 0.356 e. The predicted octanol–water partition coefficient (Wildman–Crippen LogP) is 2.68. The lowest BCUT2D eigenvalue weighted by molar-refractivity contribution is 0.0689. The lowest BCUT2D eigenvalue weighted by atomic mass is 9.95. The van der Waals surface area contributed by atoms with Crippen LogP contribution in [0, 0.1) is 6.92 Å². The summed E-state index contributed by atoms with van der Waals surface area (Å²) in [5.74, 6) is 0.386. The van der Waals surface area contributed by atoms with Gasteiger partial charge in [-0.05, 0) is 31.2 Å². The molecule has 5 heteroatoms. The van der Waals surface area contributed by atoms with Crippen LogP contribution >= 0.6 is 11.3 Å². The van der Waals surface area contributed by atoms with E-state index in [1.54, 1.807) is 11.3 Å². The molecule has 0 amide bonds. The zero-order valence-corrected chi connectivity index (χ0v) is 10.9. The van der Waals surface area contributed by atoms with E-state index < -0.39 is 5.97 Å².